The number of phosphoric acid groups is 1. The van der Waals surface area contributed by atoms with E-state index in [4.69, 9.17) is 13.8 Å². The molecule has 0 aromatic rings. The zero-order valence-electron chi connectivity index (χ0n) is 43.0. The Labute approximate surface area is 396 Å². The molecular formula is C54H105N2O7P. The molecule has 64 heavy (non-hydrogen) atoms. The fraction of sp³-hybridized carbons (Fsp3) is 0.889. The molecule has 10 heteroatoms. The molecule has 0 aromatic carbocycles. The van der Waals surface area contributed by atoms with E-state index in [0.29, 0.717) is 17.4 Å². The lowest BCUT2D eigenvalue weighted by atomic mass is 10.0. The van der Waals surface area contributed by atoms with Gasteiger partial charge in [-0.1, -0.05) is 212 Å². The number of phosphoric ester groups is 1. The maximum Gasteiger partial charge on any atom is 0.306 e. The van der Waals surface area contributed by atoms with E-state index in [0.717, 1.165) is 70.6 Å². The van der Waals surface area contributed by atoms with Crippen LogP contribution in [0.5, 0.6) is 0 Å². The van der Waals surface area contributed by atoms with Crippen LogP contribution in [0.25, 0.3) is 0 Å². The quantitative estimate of drug-likeness (QED) is 0.0212. The highest BCUT2D eigenvalue weighted by molar-refractivity contribution is 7.45. The summed E-state index contributed by atoms with van der Waals surface area (Å²) in [5.41, 5.74) is 0. The van der Waals surface area contributed by atoms with E-state index in [9.17, 15) is 19.0 Å². The molecule has 378 valence electrons. The third kappa shape index (κ3) is 45.6. The average Bonchev–Trinajstić information content (AvgIpc) is 3.25. The summed E-state index contributed by atoms with van der Waals surface area (Å²) in [7, 11) is 1.18. The Balaban J connectivity index is 5.38. The number of hydrogen-bond donors (Lipinski definition) is 1. The Bertz CT molecular complexity index is 1160. The van der Waals surface area contributed by atoms with Gasteiger partial charge in [0.2, 0.25) is 5.91 Å². The maximum absolute atomic E-state index is 13.4. The number of amides is 1. The molecule has 0 aliphatic rings. The highest BCUT2D eigenvalue weighted by Gasteiger charge is 2.27. The van der Waals surface area contributed by atoms with Crippen LogP contribution in [-0.2, 0) is 27.9 Å². The first kappa shape index (κ1) is 62.5. The second-order valence-electron chi connectivity index (χ2n) is 19.7. The predicted molar refractivity (Wildman–Crippen MR) is 270 cm³/mol. The van der Waals surface area contributed by atoms with Crippen molar-refractivity contribution in [1.82, 2.24) is 5.32 Å². The van der Waals surface area contributed by atoms with E-state index in [1.165, 1.54) is 154 Å². The number of ether oxygens (including phenoxy) is 1. The molecule has 3 atom stereocenters. The zero-order valence-corrected chi connectivity index (χ0v) is 43.9. The van der Waals surface area contributed by atoms with Crippen molar-refractivity contribution in [1.29, 1.82) is 0 Å². The molecular weight excluding hydrogens is 820 g/mol. The van der Waals surface area contributed by atoms with Crippen LogP contribution >= 0.6 is 7.82 Å². The monoisotopic (exact) mass is 925 g/mol. The highest BCUT2D eigenvalue weighted by Crippen LogP contribution is 2.38. The summed E-state index contributed by atoms with van der Waals surface area (Å²) in [6.45, 7) is 6.82. The number of quaternary nitrogens is 1. The van der Waals surface area contributed by atoms with Crippen LogP contribution in [0.1, 0.15) is 258 Å². The van der Waals surface area contributed by atoms with Gasteiger partial charge in [0.05, 0.1) is 33.8 Å². The smallest absolute Gasteiger partial charge is 0.306 e. The second kappa shape index (κ2) is 45.3. The Kier molecular flexibility index (Phi) is 44.2. The van der Waals surface area contributed by atoms with Gasteiger partial charge in [-0.15, -0.1) is 0 Å². The number of hydrogen-bond acceptors (Lipinski definition) is 7. The van der Waals surface area contributed by atoms with Crippen molar-refractivity contribution in [3.8, 4) is 0 Å². The topological polar surface area (TPSA) is 114 Å². The first-order valence-corrected chi connectivity index (χ1v) is 28.6. The molecule has 0 bridgehead atoms. The summed E-state index contributed by atoms with van der Waals surface area (Å²) in [6, 6.07) is -0.888. The Morgan fingerprint density at radius 2 is 0.906 bits per heavy atom. The van der Waals surface area contributed by atoms with Gasteiger partial charge in [0.1, 0.15) is 19.3 Å². The molecule has 0 rings (SSSR count). The first-order valence-electron chi connectivity index (χ1n) is 27.1. The van der Waals surface area contributed by atoms with E-state index < -0.39 is 20.0 Å². The molecule has 0 radical (unpaired) electrons. The van der Waals surface area contributed by atoms with Gasteiger partial charge >= 0.3 is 5.97 Å². The average molecular weight is 925 g/mol. The van der Waals surface area contributed by atoms with Crippen LogP contribution in [0.2, 0.25) is 0 Å². The molecule has 0 heterocycles. The summed E-state index contributed by atoms with van der Waals surface area (Å²) in [5, 5.41) is 3.00. The van der Waals surface area contributed by atoms with E-state index in [-0.39, 0.29) is 31.5 Å². The summed E-state index contributed by atoms with van der Waals surface area (Å²) in [6.07, 6.45) is 49.9. The lowest BCUT2D eigenvalue weighted by Crippen LogP contribution is -2.47. The van der Waals surface area contributed by atoms with Crippen molar-refractivity contribution in [3.63, 3.8) is 0 Å². The SMILES string of the molecule is CCCCCCCC/C=C\CCCCCC(=O)NC(COP(=O)([O-])OCC[N+](C)(C)C)C(/C=C/CCCCCCCCCCC)OC(=O)CCCCCCCCCCCCCCCC. The van der Waals surface area contributed by atoms with E-state index in [1.807, 2.05) is 33.3 Å². The lowest BCUT2D eigenvalue weighted by Gasteiger charge is -2.30. The van der Waals surface area contributed by atoms with Crippen molar-refractivity contribution < 1.29 is 37.3 Å². The third-order valence-electron chi connectivity index (χ3n) is 12.1. The fourth-order valence-corrected chi connectivity index (χ4v) is 8.59. The first-order chi connectivity index (χ1) is 30.9. The van der Waals surface area contributed by atoms with Gasteiger partial charge in [-0.05, 0) is 57.4 Å². The zero-order chi connectivity index (χ0) is 47.3. The number of unbranched alkanes of at least 4 members (excludes halogenated alkanes) is 31. The van der Waals surface area contributed by atoms with Crippen molar-refractivity contribution in [3.05, 3.63) is 24.3 Å². The molecule has 9 nitrogen and oxygen atoms in total. The van der Waals surface area contributed by atoms with Crippen LogP contribution in [0, 0.1) is 0 Å². The molecule has 0 spiro atoms. The van der Waals surface area contributed by atoms with Gasteiger partial charge in [0.15, 0.2) is 0 Å². The summed E-state index contributed by atoms with van der Waals surface area (Å²) < 4.78 is 30.1. The molecule has 0 aliphatic heterocycles. The number of nitrogens with one attached hydrogen (secondary N) is 1. The predicted octanol–water partition coefficient (Wildman–Crippen LogP) is 15.2. The summed E-state index contributed by atoms with van der Waals surface area (Å²) >= 11 is 0. The lowest BCUT2D eigenvalue weighted by molar-refractivity contribution is -0.870. The van der Waals surface area contributed by atoms with Gasteiger partial charge in [0.25, 0.3) is 7.82 Å². The number of carbonyl (C=O) groups excluding carboxylic acids is 2. The van der Waals surface area contributed by atoms with Gasteiger partial charge < -0.3 is 28.5 Å². The summed E-state index contributed by atoms with van der Waals surface area (Å²) in [5.74, 6) is -0.552. The fourth-order valence-electron chi connectivity index (χ4n) is 7.87. The minimum Gasteiger partial charge on any atom is -0.756 e. The Hall–Kier alpha value is -1.51. The molecule has 0 saturated heterocycles. The molecule has 0 saturated carbocycles. The number of rotatable bonds is 49. The second-order valence-corrected chi connectivity index (χ2v) is 21.1. The van der Waals surface area contributed by atoms with Gasteiger partial charge in [-0.2, -0.15) is 0 Å². The van der Waals surface area contributed by atoms with Crippen molar-refractivity contribution in [2.75, 3.05) is 40.9 Å². The van der Waals surface area contributed by atoms with Crippen LogP contribution in [-0.4, -0.2) is 69.4 Å². The normalized spacial score (nSPS) is 14.0. The van der Waals surface area contributed by atoms with Crippen LogP contribution in [0.4, 0.5) is 0 Å². The highest BCUT2D eigenvalue weighted by atomic mass is 31.2. The summed E-state index contributed by atoms with van der Waals surface area (Å²) in [4.78, 5) is 39.7. The number of nitrogens with zero attached hydrogens (tertiary/aromatic N) is 1. The Morgan fingerprint density at radius 1 is 0.531 bits per heavy atom. The van der Waals surface area contributed by atoms with E-state index in [2.05, 4.69) is 38.2 Å². The number of likely N-dealkylation sites (N-methyl/N-ethyl adjacent to an activating group) is 1. The largest absolute Gasteiger partial charge is 0.756 e. The Morgan fingerprint density at radius 3 is 1.34 bits per heavy atom. The van der Waals surface area contributed by atoms with E-state index in [1.54, 1.807) is 0 Å². The number of carbonyl (C=O) groups is 2. The number of allylic oxidation sites excluding steroid dienone is 3. The van der Waals surface area contributed by atoms with Crippen LogP contribution in [0.15, 0.2) is 24.3 Å². The molecule has 0 fully saturated rings. The maximum atomic E-state index is 13.4. The molecule has 3 unspecified atom stereocenters. The minimum absolute atomic E-state index is 0.0220. The molecule has 1 amide bonds. The van der Waals surface area contributed by atoms with Crippen LogP contribution < -0.4 is 10.2 Å². The van der Waals surface area contributed by atoms with Crippen molar-refractivity contribution in [2.45, 2.75) is 270 Å². The molecule has 0 aromatic heterocycles. The van der Waals surface area contributed by atoms with Gasteiger partial charge in [-0.25, -0.2) is 0 Å². The van der Waals surface area contributed by atoms with Crippen molar-refractivity contribution >= 4 is 19.7 Å². The van der Waals surface area contributed by atoms with Crippen LogP contribution in [0.3, 0.4) is 0 Å². The van der Waals surface area contributed by atoms with Gasteiger partial charge in [-0.3, -0.25) is 14.2 Å². The standard InChI is InChI=1S/C54H105N2O7P/c1-7-10-13-16-19-22-25-27-29-32-35-38-41-44-47-54(58)63-52(45-42-39-36-33-30-24-21-18-15-12-9-3)51(50-62-64(59,60)61-49-48-56(4,5)6)55-53(57)46-43-40-37-34-31-28-26-23-20-17-14-11-8-2/h28,31,42,45,51-52H,7-27,29-30,32-41,43-44,46-50H2,1-6H3,(H-,55,57,59,60)/b31-28-,45-42+. The molecule has 0 aliphatic carbocycles. The number of esters is 1. The van der Waals surface area contributed by atoms with E-state index >= 15 is 0 Å². The third-order valence-corrected chi connectivity index (χ3v) is 13.1. The minimum atomic E-state index is -4.69. The molecule has 1 N–H and O–H groups in total. The van der Waals surface area contributed by atoms with Gasteiger partial charge in [0, 0.05) is 12.8 Å². The van der Waals surface area contributed by atoms with Crippen molar-refractivity contribution in [2.24, 2.45) is 0 Å².